The van der Waals surface area contributed by atoms with Crippen LogP contribution in [0.2, 0.25) is 0 Å². The predicted octanol–water partition coefficient (Wildman–Crippen LogP) is 0.976. The average molecular weight is 262 g/mol. The van der Waals surface area contributed by atoms with Crippen LogP contribution >= 0.6 is 0 Å². The van der Waals surface area contributed by atoms with Crippen molar-refractivity contribution in [2.75, 3.05) is 13.2 Å². The Labute approximate surface area is 110 Å². The molecule has 0 unspecified atom stereocenters. The van der Waals surface area contributed by atoms with E-state index in [1.807, 2.05) is 30.3 Å². The van der Waals surface area contributed by atoms with E-state index in [-0.39, 0.29) is 24.8 Å². The van der Waals surface area contributed by atoms with E-state index >= 15 is 0 Å². The Kier molecular flexibility index (Phi) is 4.52. The van der Waals surface area contributed by atoms with Crippen molar-refractivity contribution in [2.24, 2.45) is 0 Å². The normalized spacial score (nSPS) is 10.2. The third kappa shape index (κ3) is 3.82. The van der Waals surface area contributed by atoms with Crippen LogP contribution in [0.3, 0.4) is 0 Å². The van der Waals surface area contributed by atoms with Crippen LogP contribution in [0.15, 0.2) is 40.9 Å². The number of aliphatic hydroxyl groups excluding tert-OH is 1. The highest BCUT2D eigenvalue weighted by atomic mass is 16.5. The Morgan fingerprint density at radius 1 is 1.37 bits per heavy atom. The lowest BCUT2D eigenvalue weighted by molar-refractivity contribution is 0.0907. The molecular weight excluding hydrogens is 248 g/mol. The lowest BCUT2D eigenvalue weighted by atomic mass is 10.2. The van der Waals surface area contributed by atoms with Crippen molar-refractivity contribution in [3.05, 3.63) is 47.7 Å². The minimum Gasteiger partial charge on any atom is -0.471 e. The van der Waals surface area contributed by atoms with Gasteiger partial charge in [-0.3, -0.25) is 4.79 Å². The van der Waals surface area contributed by atoms with Gasteiger partial charge in [0.15, 0.2) is 0 Å². The van der Waals surface area contributed by atoms with Crippen LogP contribution in [0.1, 0.15) is 16.1 Å². The first kappa shape index (κ1) is 13.1. The quantitative estimate of drug-likeness (QED) is 0.810. The SMILES string of the molecule is O=C(NCCO)c1cc(OCc2ccccc2)no1. The third-order valence-corrected chi connectivity index (χ3v) is 2.34. The minimum atomic E-state index is -0.434. The molecule has 0 aliphatic heterocycles. The molecular formula is C13H14N2O4. The van der Waals surface area contributed by atoms with Crippen LogP contribution in [-0.2, 0) is 6.61 Å². The Bertz CT molecular complexity index is 524. The van der Waals surface area contributed by atoms with Crippen molar-refractivity contribution in [3.63, 3.8) is 0 Å². The van der Waals surface area contributed by atoms with Gasteiger partial charge >= 0.3 is 0 Å². The van der Waals surface area contributed by atoms with Gasteiger partial charge in [-0.1, -0.05) is 30.3 Å². The van der Waals surface area contributed by atoms with Gasteiger partial charge < -0.3 is 19.7 Å². The average Bonchev–Trinajstić information content (AvgIpc) is 2.92. The van der Waals surface area contributed by atoms with E-state index in [4.69, 9.17) is 14.4 Å². The van der Waals surface area contributed by atoms with Gasteiger partial charge in [-0.05, 0) is 10.7 Å². The molecule has 6 heteroatoms. The molecule has 6 nitrogen and oxygen atoms in total. The standard InChI is InChI=1S/C13H14N2O4/c16-7-6-14-13(17)11-8-12(15-19-11)18-9-10-4-2-1-3-5-10/h1-5,8,16H,6-7,9H2,(H,14,17). The molecule has 0 spiro atoms. The van der Waals surface area contributed by atoms with Gasteiger partial charge in [0, 0.05) is 6.54 Å². The van der Waals surface area contributed by atoms with Crippen LogP contribution in [0.5, 0.6) is 5.88 Å². The molecule has 2 N–H and O–H groups in total. The largest absolute Gasteiger partial charge is 0.471 e. The van der Waals surface area contributed by atoms with E-state index in [1.165, 1.54) is 6.07 Å². The fourth-order valence-electron chi connectivity index (χ4n) is 1.42. The highest BCUT2D eigenvalue weighted by molar-refractivity contribution is 5.91. The fourth-order valence-corrected chi connectivity index (χ4v) is 1.42. The zero-order chi connectivity index (χ0) is 13.5. The first-order valence-electron chi connectivity index (χ1n) is 5.82. The molecule has 0 saturated carbocycles. The van der Waals surface area contributed by atoms with Crippen LogP contribution in [0, 0.1) is 0 Å². The van der Waals surface area contributed by atoms with Crippen LogP contribution in [-0.4, -0.2) is 29.3 Å². The van der Waals surface area contributed by atoms with Crippen molar-refractivity contribution >= 4 is 5.91 Å². The first-order valence-corrected chi connectivity index (χ1v) is 5.82. The number of nitrogens with one attached hydrogen (secondary N) is 1. The number of amides is 1. The molecule has 1 amide bonds. The summed E-state index contributed by atoms with van der Waals surface area (Å²) in [6, 6.07) is 11.0. The van der Waals surface area contributed by atoms with Crippen molar-refractivity contribution in [1.29, 1.82) is 0 Å². The Balaban J connectivity index is 1.89. The maximum Gasteiger partial charge on any atom is 0.290 e. The summed E-state index contributed by atoms with van der Waals surface area (Å²) in [4.78, 5) is 11.5. The molecule has 2 aromatic rings. The van der Waals surface area contributed by atoms with Crippen LogP contribution in [0.25, 0.3) is 0 Å². The van der Waals surface area contributed by atoms with E-state index in [0.29, 0.717) is 6.61 Å². The lowest BCUT2D eigenvalue weighted by Gasteiger charge is -2.00. The number of hydrogen-bond acceptors (Lipinski definition) is 5. The maximum atomic E-state index is 11.5. The summed E-state index contributed by atoms with van der Waals surface area (Å²) in [6.07, 6.45) is 0. The maximum absolute atomic E-state index is 11.5. The van der Waals surface area contributed by atoms with Gasteiger partial charge in [0.05, 0.1) is 12.7 Å². The van der Waals surface area contributed by atoms with Crippen molar-refractivity contribution in [2.45, 2.75) is 6.61 Å². The number of carbonyl (C=O) groups excluding carboxylic acids is 1. The highest BCUT2D eigenvalue weighted by Crippen LogP contribution is 2.13. The number of ether oxygens (including phenoxy) is 1. The number of benzene rings is 1. The van der Waals surface area contributed by atoms with Gasteiger partial charge in [-0.15, -0.1) is 0 Å². The molecule has 19 heavy (non-hydrogen) atoms. The molecule has 2 rings (SSSR count). The minimum absolute atomic E-state index is 0.0523. The summed E-state index contributed by atoms with van der Waals surface area (Å²) in [5.74, 6) is -0.134. The predicted molar refractivity (Wildman–Crippen MR) is 66.7 cm³/mol. The van der Waals surface area contributed by atoms with Gasteiger partial charge in [0.2, 0.25) is 5.76 Å². The first-order chi connectivity index (χ1) is 9.29. The molecule has 1 heterocycles. The number of nitrogens with zero attached hydrogens (tertiary/aromatic N) is 1. The molecule has 1 aromatic heterocycles. The Morgan fingerprint density at radius 3 is 2.89 bits per heavy atom. The summed E-state index contributed by atoms with van der Waals surface area (Å²) in [5, 5.41) is 14.7. The summed E-state index contributed by atoms with van der Waals surface area (Å²) in [6.45, 7) is 0.391. The lowest BCUT2D eigenvalue weighted by Crippen LogP contribution is -2.25. The second kappa shape index (κ2) is 6.55. The molecule has 0 aliphatic carbocycles. The molecule has 0 bridgehead atoms. The van der Waals surface area contributed by atoms with E-state index in [0.717, 1.165) is 5.56 Å². The summed E-state index contributed by atoms with van der Waals surface area (Å²) in [5.41, 5.74) is 0.997. The van der Waals surface area contributed by atoms with Crippen molar-refractivity contribution < 1.29 is 19.2 Å². The van der Waals surface area contributed by atoms with Gasteiger partial charge in [0.25, 0.3) is 11.8 Å². The fraction of sp³-hybridized carbons (Fsp3) is 0.231. The van der Waals surface area contributed by atoms with Crippen LogP contribution < -0.4 is 10.1 Å². The van der Waals surface area contributed by atoms with E-state index < -0.39 is 5.91 Å². The van der Waals surface area contributed by atoms with E-state index in [9.17, 15) is 4.79 Å². The molecule has 0 aliphatic rings. The second-order valence-electron chi connectivity index (χ2n) is 3.78. The molecule has 0 radical (unpaired) electrons. The molecule has 1 aromatic carbocycles. The number of carbonyl (C=O) groups is 1. The number of aliphatic hydroxyl groups is 1. The topological polar surface area (TPSA) is 84.6 Å². The molecule has 0 fully saturated rings. The van der Waals surface area contributed by atoms with Gasteiger partial charge in [-0.2, -0.15) is 0 Å². The zero-order valence-electron chi connectivity index (χ0n) is 10.2. The Morgan fingerprint density at radius 2 is 2.16 bits per heavy atom. The molecule has 100 valence electrons. The van der Waals surface area contributed by atoms with E-state index in [1.54, 1.807) is 0 Å². The summed E-state index contributed by atoms with van der Waals surface area (Å²) in [7, 11) is 0. The summed E-state index contributed by atoms with van der Waals surface area (Å²) >= 11 is 0. The Hall–Kier alpha value is -2.34. The number of aromatic nitrogens is 1. The third-order valence-electron chi connectivity index (χ3n) is 2.34. The molecule has 0 saturated heterocycles. The van der Waals surface area contributed by atoms with Gasteiger partial charge in [0.1, 0.15) is 6.61 Å². The van der Waals surface area contributed by atoms with Crippen molar-refractivity contribution in [3.8, 4) is 5.88 Å². The molecule has 0 atom stereocenters. The highest BCUT2D eigenvalue weighted by Gasteiger charge is 2.13. The monoisotopic (exact) mass is 262 g/mol. The zero-order valence-corrected chi connectivity index (χ0v) is 10.2. The van der Waals surface area contributed by atoms with Gasteiger partial charge in [-0.25, -0.2) is 0 Å². The summed E-state index contributed by atoms with van der Waals surface area (Å²) < 4.78 is 10.2. The number of hydrogen-bond donors (Lipinski definition) is 2. The number of rotatable bonds is 6. The smallest absolute Gasteiger partial charge is 0.290 e. The van der Waals surface area contributed by atoms with Crippen LogP contribution in [0.4, 0.5) is 0 Å². The second-order valence-corrected chi connectivity index (χ2v) is 3.78. The van der Waals surface area contributed by atoms with Crippen molar-refractivity contribution in [1.82, 2.24) is 10.5 Å². The van der Waals surface area contributed by atoms with E-state index in [2.05, 4.69) is 10.5 Å².